The number of aliphatic hydroxyl groups is 1. The average molecular weight is 378 g/mol. The molecule has 6 heteroatoms. The molecule has 1 saturated carbocycles. The maximum atomic E-state index is 13.5. The number of hydrogen-bond acceptors (Lipinski definition) is 4. The second-order valence-corrected chi connectivity index (χ2v) is 8.13. The van der Waals surface area contributed by atoms with Crippen molar-refractivity contribution in [2.24, 2.45) is 0 Å². The molecule has 1 N–H and O–H groups in total. The topological polar surface area (TPSA) is 53.0 Å². The molecule has 150 valence electrons. The van der Waals surface area contributed by atoms with Crippen LogP contribution in [0.15, 0.2) is 18.2 Å². The monoisotopic (exact) mass is 378 g/mol. The highest BCUT2D eigenvalue weighted by molar-refractivity contribution is 5.73. The highest BCUT2D eigenvalue weighted by atomic mass is 19.1. The summed E-state index contributed by atoms with van der Waals surface area (Å²) < 4.78 is 19.3. The molecule has 0 bridgehead atoms. The Bertz CT molecular complexity index is 663. The van der Waals surface area contributed by atoms with E-state index in [1.807, 2.05) is 0 Å². The summed E-state index contributed by atoms with van der Waals surface area (Å²) >= 11 is 0. The van der Waals surface area contributed by atoms with Crippen molar-refractivity contribution in [2.75, 3.05) is 32.8 Å². The Kier molecular flexibility index (Phi) is 6.37. The van der Waals surface area contributed by atoms with Crippen LogP contribution in [-0.4, -0.2) is 65.2 Å². The van der Waals surface area contributed by atoms with Crippen LogP contribution in [-0.2, 0) is 4.79 Å². The molecule has 1 aliphatic heterocycles. The molecule has 3 rings (SSSR count). The number of benzene rings is 1. The first kappa shape index (κ1) is 20.1. The van der Waals surface area contributed by atoms with Crippen molar-refractivity contribution in [3.63, 3.8) is 0 Å². The van der Waals surface area contributed by atoms with Crippen LogP contribution >= 0.6 is 0 Å². The van der Waals surface area contributed by atoms with E-state index in [2.05, 4.69) is 4.90 Å². The van der Waals surface area contributed by atoms with Crippen molar-refractivity contribution < 1.29 is 19.0 Å². The van der Waals surface area contributed by atoms with Crippen molar-refractivity contribution in [2.45, 2.75) is 57.6 Å². The van der Waals surface area contributed by atoms with Crippen molar-refractivity contribution in [3.05, 3.63) is 29.6 Å². The minimum absolute atomic E-state index is 0.0310. The van der Waals surface area contributed by atoms with Crippen LogP contribution in [0, 0.1) is 12.7 Å². The Hall–Kier alpha value is -1.66. The van der Waals surface area contributed by atoms with Gasteiger partial charge in [0.25, 0.3) is 0 Å². The molecular weight excluding hydrogens is 347 g/mol. The molecule has 1 atom stereocenters. The number of carbonyl (C=O) groups excluding carboxylic acids is 1. The number of amides is 1. The number of halogens is 1. The first-order valence-electron chi connectivity index (χ1n) is 9.97. The zero-order valence-corrected chi connectivity index (χ0v) is 16.4. The zero-order valence-electron chi connectivity index (χ0n) is 16.4. The lowest BCUT2D eigenvalue weighted by Crippen LogP contribution is -2.53. The van der Waals surface area contributed by atoms with Crippen LogP contribution in [0.5, 0.6) is 5.75 Å². The molecule has 27 heavy (non-hydrogen) atoms. The van der Waals surface area contributed by atoms with E-state index in [1.165, 1.54) is 25.3 Å². The lowest BCUT2D eigenvalue weighted by molar-refractivity contribution is -0.132. The van der Waals surface area contributed by atoms with E-state index in [1.54, 1.807) is 30.9 Å². The van der Waals surface area contributed by atoms with E-state index >= 15 is 0 Å². The molecule has 0 unspecified atom stereocenters. The highest BCUT2D eigenvalue weighted by Gasteiger charge is 2.39. The highest BCUT2D eigenvalue weighted by Crippen LogP contribution is 2.27. The third kappa shape index (κ3) is 5.20. The molecule has 0 aromatic heterocycles. The van der Waals surface area contributed by atoms with Gasteiger partial charge in [0.15, 0.2) is 0 Å². The van der Waals surface area contributed by atoms with Gasteiger partial charge in [-0.1, -0.05) is 19.3 Å². The predicted molar refractivity (Wildman–Crippen MR) is 102 cm³/mol. The van der Waals surface area contributed by atoms with Gasteiger partial charge >= 0.3 is 0 Å². The molecule has 1 saturated heterocycles. The number of rotatable bonds is 4. The van der Waals surface area contributed by atoms with Crippen molar-refractivity contribution in [1.29, 1.82) is 0 Å². The SMILES string of the molecule is CC(=O)N1CCN(C2CCCCC2)C[C@@](O)(COc2ccc(F)c(C)c2)C1. The van der Waals surface area contributed by atoms with Gasteiger partial charge in [-0.2, -0.15) is 0 Å². The zero-order chi connectivity index (χ0) is 19.4. The first-order chi connectivity index (χ1) is 12.9. The minimum Gasteiger partial charge on any atom is -0.490 e. The number of aryl methyl sites for hydroxylation is 1. The number of β-amino-alcohol motifs (C(OH)–C–C–N with tert-alkyl or cyclic N) is 1. The molecule has 1 amide bonds. The summed E-state index contributed by atoms with van der Waals surface area (Å²) in [6.45, 7) is 5.45. The van der Waals surface area contributed by atoms with Gasteiger partial charge < -0.3 is 14.7 Å². The fourth-order valence-corrected chi connectivity index (χ4v) is 4.23. The molecule has 0 spiro atoms. The molecule has 1 aliphatic carbocycles. The summed E-state index contributed by atoms with van der Waals surface area (Å²) in [5.74, 6) is 0.225. The molecule has 0 radical (unpaired) electrons. The van der Waals surface area contributed by atoms with E-state index in [4.69, 9.17) is 4.74 Å². The quantitative estimate of drug-likeness (QED) is 0.875. The van der Waals surface area contributed by atoms with Crippen molar-refractivity contribution in [3.8, 4) is 5.75 Å². The fraction of sp³-hybridized carbons (Fsp3) is 0.667. The van der Waals surface area contributed by atoms with E-state index < -0.39 is 5.60 Å². The van der Waals surface area contributed by atoms with Gasteiger partial charge in [0.2, 0.25) is 5.91 Å². The van der Waals surface area contributed by atoms with E-state index in [0.29, 0.717) is 30.4 Å². The minimum atomic E-state index is -1.15. The van der Waals surface area contributed by atoms with Crippen LogP contribution in [0.2, 0.25) is 0 Å². The van der Waals surface area contributed by atoms with Crippen molar-refractivity contribution >= 4 is 5.91 Å². The van der Waals surface area contributed by atoms with E-state index in [9.17, 15) is 14.3 Å². The summed E-state index contributed by atoms with van der Waals surface area (Å²) in [5, 5.41) is 11.3. The smallest absolute Gasteiger partial charge is 0.219 e. The van der Waals surface area contributed by atoms with E-state index in [0.717, 1.165) is 19.4 Å². The van der Waals surface area contributed by atoms with E-state index in [-0.39, 0.29) is 24.9 Å². The second kappa shape index (κ2) is 8.57. The molecule has 2 fully saturated rings. The number of carbonyl (C=O) groups is 1. The molecule has 2 aliphatic rings. The van der Waals surface area contributed by atoms with Gasteiger partial charge in [0, 0.05) is 32.6 Å². The summed E-state index contributed by atoms with van der Waals surface area (Å²) in [7, 11) is 0. The molecule has 1 aromatic carbocycles. The van der Waals surface area contributed by atoms with Gasteiger partial charge in [-0.25, -0.2) is 4.39 Å². The van der Waals surface area contributed by atoms with Crippen LogP contribution in [0.1, 0.15) is 44.6 Å². The molecule has 1 heterocycles. The second-order valence-electron chi connectivity index (χ2n) is 8.13. The van der Waals surface area contributed by atoms with Crippen LogP contribution in [0.4, 0.5) is 4.39 Å². The Balaban J connectivity index is 1.72. The maximum absolute atomic E-state index is 13.5. The number of ether oxygens (including phenoxy) is 1. The summed E-state index contributed by atoms with van der Waals surface area (Å²) in [4.78, 5) is 16.0. The Morgan fingerprint density at radius 1 is 1.26 bits per heavy atom. The molecule has 1 aromatic rings. The third-order valence-electron chi connectivity index (χ3n) is 5.81. The number of hydrogen-bond donors (Lipinski definition) is 1. The third-order valence-corrected chi connectivity index (χ3v) is 5.81. The Morgan fingerprint density at radius 3 is 2.67 bits per heavy atom. The summed E-state index contributed by atoms with van der Waals surface area (Å²) in [5.41, 5.74) is -0.642. The summed E-state index contributed by atoms with van der Waals surface area (Å²) in [6, 6.07) is 5.05. The molecule has 5 nitrogen and oxygen atoms in total. The Labute approximate surface area is 161 Å². The van der Waals surface area contributed by atoms with Crippen LogP contribution < -0.4 is 4.74 Å². The van der Waals surface area contributed by atoms with Gasteiger partial charge in [-0.15, -0.1) is 0 Å². The molecular formula is C21H31FN2O3. The average Bonchev–Trinajstić information content (AvgIpc) is 2.83. The lowest BCUT2D eigenvalue weighted by atomic mass is 9.93. The number of nitrogens with zero attached hydrogens (tertiary/aromatic N) is 2. The first-order valence-corrected chi connectivity index (χ1v) is 9.97. The van der Waals surface area contributed by atoms with Gasteiger partial charge in [0.1, 0.15) is 23.8 Å². The Morgan fingerprint density at radius 2 is 2.00 bits per heavy atom. The van der Waals surface area contributed by atoms with Gasteiger partial charge in [-0.05, 0) is 43.5 Å². The van der Waals surface area contributed by atoms with Crippen LogP contribution in [0.3, 0.4) is 0 Å². The lowest BCUT2D eigenvalue weighted by Gasteiger charge is -2.37. The van der Waals surface area contributed by atoms with Gasteiger partial charge in [-0.3, -0.25) is 9.69 Å². The fourth-order valence-electron chi connectivity index (χ4n) is 4.23. The maximum Gasteiger partial charge on any atom is 0.219 e. The largest absolute Gasteiger partial charge is 0.490 e. The standard InChI is InChI=1S/C21H31FN2O3/c1-16-12-19(8-9-20(16)22)27-15-21(26)13-23(17(2)25)10-11-24(14-21)18-6-4-3-5-7-18/h8-9,12,18,26H,3-7,10-11,13-15H2,1-2H3/t21-/m1/s1. The predicted octanol–water partition coefficient (Wildman–Crippen LogP) is 2.74. The normalized spacial score (nSPS) is 25.3. The summed E-state index contributed by atoms with van der Waals surface area (Å²) in [6.07, 6.45) is 6.02. The van der Waals surface area contributed by atoms with Crippen molar-refractivity contribution in [1.82, 2.24) is 9.80 Å². The van der Waals surface area contributed by atoms with Gasteiger partial charge in [0.05, 0.1) is 6.54 Å². The van der Waals surface area contributed by atoms with Crippen LogP contribution in [0.25, 0.3) is 0 Å².